The van der Waals surface area contributed by atoms with E-state index < -0.39 is 10.8 Å². The number of piperazine rings is 1. The Bertz CT molecular complexity index is 1690. The minimum absolute atomic E-state index is 0.199. The lowest BCUT2D eigenvalue weighted by molar-refractivity contribution is 0.0518. The van der Waals surface area contributed by atoms with Crippen LogP contribution in [-0.2, 0) is 17.3 Å². The molecule has 0 radical (unpaired) electrons. The van der Waals surface area contributed by atoms with Crippen LogP contribution in [0.3, 0.4) is 0 Å². The summed E-state index contributed by atoms with van der Waals surface area (Å²) in [5.74, 6) is -0.388. The van der Waals surface area contributed by atoms with Crippen molar-refractivity contribution in [2.45, 2.75) is 30.2 Å². The van der Waals surface area contributed by atoms with Crippen molar-refractivity contribution >= 4 is 34.2 Å². The second-order valence-corrected chi connectivity index (χ2v) is 11.7. The van der Waals surface area contributed by atoms with Gasteiger partial charge in [-0.3, -0.25) is 14.4 Å². The van der Waals surface area contributed by atoms with Gasteiger partial charge in [-0.15, -0.1) is 0 Å². The lowest BCUT2D eigenvalue weighted by Gasteiger charge is -2.34. The van der Waals surface area contributed by atoms with Gasteiger partial charge in [-0.2, -0.15) is 0 Å². The quantitative estimate of drug-likeness (QED) is 0.353. The average Bonchev–Trinajstić information content (AvgIpc) is 3.53. The van der Waals surface area contributed by atoms with Gasteiger partial charge in [0.05, 0.1) is 44.6 Å². The summed E-state index contributed by atoms with van der Waals surface area (Å²) in [7, 11) is -1.61. The van der Waals surface area contributed by atoms with Crippen LogP contribution in [0.1, 0.15) is 48.0 Å². The fraction of sp³-hybridized carbons (Fsp3) is 0.219. The summed E-state index contributed by atoms with van der Waals surface area (Å²) in [5, 5.41) is 0. The fourth-order valence-corrected chi connectivity index (χ4v) is 6.69. The van der Waals surface area contributed by atoms with Gasteiger partial charge in [0.1, 0.15) is 0 Å². The van der Waals surface area contributed by atoms with Crippen molar-refractivity contribution in [2.75, 3.05) is 31.1 Å². The van der Waals surface area contributed by atoms with E-state index in [0.29, 0.717) is 52.8 Å². The summed E-state index contributed by atoms with van der Waals surface area (Å²) in [6.07, 6.45) is 1.46. The summed E-state index contributed by atoms with van der Waals surface area (Å²) >= 11 is 0. The molecule has 4 aromatic rings. The van der Waals surface area contributed by atoms with Gasteiger partial charge in [0.2, 0.25) is 0 Å². The third kappa shape index (κ3) is 4.97. The molecule has 1 fully saturated rings. The highest BCUT2D eigenvalue weighted by Gasteiger charge is 2.33. The molecule has 1 aromatic heterocycles. The molecule has 2 aliphatic rings. The van der Waals surface area contributed by atoms with Gasteiger partial charge in [-0.1, -0.05) is 35.9 Å². The van der Waals surface area contributed by atoms with Crippen molar-refractivity contribution < 1.29 is 23.0 Å². The molecule has 9 heteroatoms. The molecular weight excluding hydrogens is 538 g/mol. The minimum atomic E-state index is -1.61. The lowest BCUT2D eigenvalue weighted by atomic mass is 10.0. The van der Waals surface area contributed by atoms with E-state index in [0.717, 1.165) is 16.7 Å². The number of carbonyl (C=O) groups is 3. The third-order valence-corrected chi connectivity index (χ3v) is 9.18. The Morgan fingerprint density at radius 3 is 2.29 bits per heavy atom. The van der Waals surface area contributed by atoms with Crippen molar-refractivity contribution in [2.24, 2.45) is 0 Å². The molecule has 3 amide bonds. The van der Waals surface area contributed by atoms with Crippen LogP contribution in [0.25, 0.3) is 0 Å². The number of nitrogens with zero attached hydrogens (tertiary/aromatic N) is 3. The van der Waals surface area contributed by atoms with Crippen LogP contribution >= 0.6 is 0 Å². The van der Waals surface area contributed by atoms with Gasteiger partial charge in [0.15, 0.2) is 5.76 Å². The molecular formula is C32H29N3O5S. The predicted octanol–water partition coefficient (Wildman–Crippen LogP) is 4.82. The van der Waals surface area contributed by atoms with Crippen molar-refractivity contribution in [3.8, 4) is 0 Å². The first-order valence-corrected chi connectivity index (χ1v) is 14.6. The van der Waals surface area contributed by atoms with Crippen LogP contribution in [0, 0.1) is 13.8 Å². The molecule has 0 aliphatic carbocycles. The summed E-state index contributed by atoms with van der Waals surface area (Å²) in [6, 6.07) is 21.4. The minimum Gasteiger partial charge on any atom is -0.459 e. The lowest BCUT2D eigenvalue weighted by Crippen LogP contribution is -2.50. The molecule has 0 N–H and O–H groups in total. The molecule has 3 heterocycles. The van der Waals surface area contributed by atoms with Crippen LogP contribution in [0.4, 0.5) is 5.69 Å². The number of rotatable bonds is 4. The van der Waals surface area contributed by atoms with E-state index in [1.165, 1.54) is 6.26 Å². The number of furan rings is 1. The summed E-state index contributed by atoms with van der Waals surface area (Å²) in [6.45, 7) is 5.77. The van der Waals surface area contributed by atoms with Gasteiger partial charge >= 0.3 is 0 Å². The Balaban J connectivity index is 1.32. The first kappa shape index (κ1) is 26.7. The number of hydrogen-bond acceptors (Lipinski definition) is 5. The van der Waals surface area contributed by atoms with E-state index in [1.54, 1.807) is 69.3 Å². The van der Waals surface area contributed by atoms with Crippen molar-refractivity contribution in [3.05, 3.63) is 113 Å². The van der Waals surface area contributed by atoms with Crippen molar-refractivity contribution in [3.63, 3.8) is 0 Å². The zero-order valence-electron chi connectivity index (χ0n) is 22.8. The molecule has 2 aliphatic heterocycles. The highest BCUT2D eigenvalue weighted by molar-refractivity contribution is 7.85. The van der Waals surface area contributed by atoms with Gasteiger partial charge < -0.3 is 19.1 Å². The molecule has 1 atom stereocenters. The van der Waals surface area contributed by atoms with Crippen LogP contribution in [0.15, 0.2) is 93.3 Å². The van der Waals surface area contributed by atoms with Gasteiger partial charge in [0.25, 0.3) is 17.7 Å². The molecule has 0 bridgehead atoms. The second kappa shape index (κ2) is 10.8. The largest absolute Gasteiger partial charge is 0.459 e. The first-order valence-electron chi connectivity index (χ1n) is 13.5. The second-order valence-electron chi connectivity index (χ2n) is 10.3. The Morgan fingerprint density at radius 1 is 0.829 bits per heavy atom. The summed E-state index contributed by atoms with van der Waals surface area (Å²) < 4.78 is 19.0. The zero-order valence-corrected chi connectivity index (χ0v) is 23.6. The maximum absolute atomic E-state index is 14.0. The van der Waals surface area contributed by atoms with E-state index in [4.69, 9.17) is 4.42 Å². The monoisotopic (exact) mass is 567 g/mol. The molecule has 208 valence electrons. The maximum atomic E-state index is 14.0. The molecule has 1 unspecified atom stereocenters. The molecule has 41 heavy (non-hydrogen) atoms. The molecule has 3 aromatic carbocycles. The average molecular weight is 568 g/mol. The van der Waals surface area contributed by atoms with Gasteiger partial charge in [0, 0.05) is 31.7 Å². The number of hydrogen-bond donors (Lipinski definition) is 0. The van der Waals surface area contributed by atoms with E-state index >= 15 is 0 Å². The normalized spacial score (nSPS) is 16.7. The van der Waals surface area contributed by atoms with Crippen molar-refractivity contribution in [1.82, 2.24) is 9.80 Å². The summed E-state index contributed by atoms with van der Waals surface area (Å²) in [5.41, 5.74) is 4.34. The Morgan fingerprint density at radius 2 is 1.56 bits per heavy atom. The van der Waals surface area contributed by atoms with Crippen molar-refractivity contribution in [1.29, 1.82) is 0 Å². The standard InChI is InChI=1S/C32H29N3O5S/c1-21-9-10-22(2)24(18-21)20-35-26-19-23(11-12-29(26)41(39)28-8-4-3-6-25(28)31(35)37)30(36)33-13-15-34(16-14-33)32(38)27-7-5-17-40-27/h3-12,17-19H,13-16,20H2,1-2H3. The van der Waals surface area contributed by atoms with Gasteiger partial charge in [-0.05, 0) is 67.4 Å². The SMILES string of the molecule is Cc1ccc(C)c(CN2C(=O)c3ccccc3S(=O)c3ccc(C(=O)N4CCN(C(=O)c5ccco5)CC4)cc32)c1. The van der Waals surface area contributed by atoms with Crippen LogP contribution in [0.2, 0.25) is 0 Å². The number of amides is 3. The smallest absolute Gasteiger partial charge is 0.289 e. The van der Waals surface area contributed by atoms with Crippen LogP contribution in [0.5, 0.6) is 0 Å². The molecule has 0 spiro atoms. The molecule has 8 nitrogen and oxygen atoms in total. The zero-order chi connectivity index (χ0) is 28.7. The topological polar surface area (TPSA) is 91.1 Å². The van der Waals surface area contributed by atoms with Crippen LogP contribution in [-0.4, -0.2) is 57.9 Å². The number of carbonyl (C=O) groups excluding carboxylic acids is 3. The Labute approximate surface area is 240 Å². The predicted molar refractivity (Wildman–Crippen MR) is 155 cm³/mol. The molecule has 1 saturated heterocycles. The first-order chi connectivity index (χ1) is 19.8. The van der Waals surface area contributed by atoms with E-state index in [1.807, 2.05) is 26.0 Å². The highest BCUT2D eigenvalue weighted by Crippen LogP contribution is 2.36. The molecule has 6 rings (SSSR count). The number of aryl methyl sites for hydroxylation is 2. The van der Waals surface area contributed by atoms with E-state index in [-0.39, 0.29) is 30.0 Å². The molecule has 0 saturated carbocycles. The van der Waals surface area contributed by atoms with Crippen LogP contribution < -0.4 is 4.90 Å². The Hall–Kier alpha value is -4.50. The third-order valence-electron chi connectivity index (χ3n) is 7.68. The number of benzene rings is 3. The Kier molecular flexibility index (Phi) is 7.05. The maximum Gasteiger partial charge on any atom is 0.289 e. The van der Waals surface area contributed by atoms with E-state index in [2.05, 4.69) is 6.07 Å². The number of anilines is 1. The van der Waals surface area contributed by atoms with E-state index in [9.17, 15) is 18.6 Å². The van der Waals surface area contributed by atoms with Gasteiger partial charge in [-0.25, -0.2) is 4.21 Å². The highest BCUT2D eigenvalue weighted by atomic mass is 32.2. The summed E-state index contributed by atoms with van der Waals surface area (Å²) in [4.78, 5) is 46.2. The fourth-order valence-electron chi connectivity index (χ4n) is 5.35. The number of fused-ring (bicyclic) bond motifs is 2.